The predicted octanol–water partition coefficient (Wildman–Crippen LogP) is 4.16. The molecule has 0 aliphatic rings. The number of rotatable bonds is 5. The largest absolute Gasteiger partial charge is 0.494 e. The van der Waals surface area contributed by atoms with Gasteiger partial charge < -0.3 is 10.5 Å². The molecule has 0 amide bonds. The molecule has 2 heterocycles. The number of nitrogen functional groups attached to an aromatic ring is 1. The third-order valence-electron chi connectivity index (χ3n) is 4.85. The second-order valence-electron chi connectivity index (χ2n) is 6.63. The Kier molecular flexibility index (Phi) is 4.91. The van der Waals surface area contributed by atoms with Crippen LogP contribution in [-0.2, 0) is 0 Å². The van der Waals surface area contributed by atoms with Gasteiger partial charge in [-0.1, -0.05) is 24.3 Å². The zero-order valence-electron chi connectivity index (χ0n) is 16.0. The molecule has 0 radical (unpaired) electrons. The van der Waals surface area contributed by atoms with Crippen molar-refractivity contribution in [1.82, 2.24) is 9.38 Å². The average Bonchev–Trinajstić information content (AvgIpc) is 3.17. The molecule has 2 N–H and O–H groups in total. The van der Waals surface area contributed by atoms with Gasteiger partial charge in [-0.2, -0.15) is 15.8 Å². The number of nitrogens with zero attached hydrogens (tertiary/aromatic N) is 5. The van der Waals surface area contributed by atoms with E-state index in [2.05, 4.69) is 23.2 Å². The lowest BCUT2D eigenvalue weighted by molar-refractivity contribution is 0.313. The van der Waals surface area contributed by atoms with Gasteiger partial charge in [-0.25, -0.2) is 4.98 Å². The highest BCUT2D eigenvalue weighted by Gasteiger charge is 2.22. The van der Waals surface area contributed by atoms with Gasteiger partial charge in [0.25, 0.3) is 0 Å². The first-order valence-electron chi connectivity index (χ1n) is 9.32. The van der Waals surface area contributed by atoms with Crippen molar-refractivity contribution in [3.8, 4) is 35.1 Å². The van der Waals surface area contributed by atoms with Gasteiger partial charge in [-0.15, -0.1) is 0 Å². The fourth-order valence-electron chi connectivity index (χ4n) is 3.48. The van der Waals surface area contributed by atoms with E-state index in [0.29, 0.717) is 53.1 Å². The van der Waals surface area contributed by atoms with Crippen molar-refractivity contribution in [2.75, 3.05) is 12.3 Å². The number of hydrogen-bond donors (Lipinski definition) is 1. The van der Waals surface area contributed by atoms with Crippen molar-refractivity contribution in [3.05, 3.63) is 59.7 Å². The summed E-state index contributed by atoms with van der Waals surface area (Å²) in [6, 6.07) is 21.0. The van der Waals surface area contributed by atoms with Gasteiger partial charge in [0.15, 0.2) is 5.65 Å². The topological polar surface area (TPSA) is 124 Å². The summed E-state index contributed by atoms with van der Waals surface area (Å²) in [5.41, 5.74) is 9.87. The van der Waals surface area contributed by atoms with Gasteiger partial charge in [0.1, 0.15) is 34.8 Å². The minimum Gasteiger partial charge on any atom is -0.494 e. The van der Waals surface area contributed by atoms with E-state index in [-0.39, 0.29) is 11.4 Å². The number of aromatic nitrogens is 2. The first-order chi connectivity index (χ1) is 14.7. The van der Waals surface area contributed by atoms with Crippen LogP contribution in [0.2, 0.25) is 0 Å². The molecule has 144 valence electrons. The summed E-state index contributed by atoms with van der Waals surface area (Å²) < 4.78 is 7.28. The number of para-hydroxylation sites is 2. The number of ether oxygens (including phenoxy) is 1. The van der Waals surface area contributed by atoms with Crippen LogP contribution >= 0.6 is 0 Å². The third kappa shape index (κ3) is 3.03. The Bertz CT molecular complexity index is 1380. The summed E-state index contributed by atoms with van der Waals surface area (Å²) in [5.74, 6) is 0.890. The van der Waals surface area contributed by atoms with Gasteiger partial charge in [-0.05, 0) is 36.2 Å². The van der Waals surface area contributed by atoms with Crippen LogP contribution in [0.1, 0.15) is 24.0 Å². The SMILES string of the molecule is N#CCCCOc1ccc(-c2c(C#N)c(N)n3c(nc4ccccc43)c2C#N)cc1. The molecule has 0 atom stereocenters. The number of imidazole rings is 1. The fourth-order valence-corrected chi connectivity index (χ4v) is 3.48. The Morgan fingerprint density at radius 1 is 0.967 bits per heavy atom. The molecule has 0 aliphatic carbocycles. The van der Waals surface area contributed by atoms with E-state index >= 15 is 0 Å². The molecule has 2 aromatic heterocycles. The van der Waals surface area contributed by atoms with Crippen molar-refractivity contribution in [2.45, 2.75) is 12.8 Å². The quantitative estimate of drug-likeness (QED) is 0.509. The van der Waals surface area contributed by atoms with E-state index in [1.807, 2.05) is 24.3 Å². The van der Waals surface area contributed by atoms with Crippen LogP contribution in [0.15, 0.2) is 48.5 Å². The zero-order chi connectivity index (χ0) is 21.1. The smallest absolute Gasteiger partial charge is 0.158 e. The highest BCUT2D eigenvalue weighted by atomic mass is 16.5. The number of pyridine rings is 1. The van der Waals surface area contributed by atoms with Gasteiger partial charge in [0.2, 0.25) is 0 Å². The summed E-state index contributed by atoms with van der Waals surface area (Å²) in [5, 5.41) is 28.4. The van der Waals surface area contributed by atoms with Crippen LogP contribution in [0.3, 0.4) is 0 Å². The normalized spacial score (nSPS) is 10.4. The lowest BCUT2D eigenvalue weighted by Gasteiger charge is -2.13. The Morgan fingerprint density at radius 2 is 1.70 bits per heavy atom. The molecule has 4 rings (SSSR count). The molecule has 0 spiro atoms. The molecule has 4 aromatic rings. The van der Waals surface area contributed by atoms with Gasteiger partial charge in [0.05, 0.1) is 23.7 Å². The van der Waals surface area contributed by atoms with Gasteiger partial charge >= 0.3 is 0 Å². The third-order valence-corrected chi connectivity index (χ3v) is 4.85. The number of benzene rings is 2. The van der Waals surface area contributed by atoms with E-state index in [4.69, 9.17) is 15.7 Å². The number of hydrogen-bond acceptors (Lipinski definition) is 6. The minimum absolute atomic E-state index is 0.227. The van der Waals surface area contributed by atoms with E-state index in [1.165, 1.54) is 0 Å². The summed E-state index contributed by atoms with van der Waals surface area (Å²) in [6.07, 6.45) is 1.09. The number of anilines is 1. The zero-order valence-corrected chi connectivity index (χ0v) is 16.0. The molecular formula is C23H16N6O. The van der Waals surface area contributed by atoms with E-state index in [0.717, 1.165) is 5.52 Å². The molecule has 0 saturated carbocycles. The first kappa shape index (κ1) is 18.8. The van der Waals surface area contributed by atoms with Crippen molar-refractivity contribution in [1.29, 1.82) is 15.8 Å². The van der Waals surface area contributed by atoms with Crippen LogP contribution in [0.5, 0.6) is 5.75 Å². The minimum atomic E-state index is 0.227. The second kappa shape index (κ2) is 7.83. The lowest BCUT2D eigenvalue weighted by Crippen LogP contribution is -2.05. The standard InChI is InChI=1S/C23H16N6O/c24-11-3-4-12-30-16-9-7-15(8-10-16)21-17(13-25)22(27)29-20-6-2-1-5-19(20)28-23(29)18(21)14-26/h1-2,5-10H,3-4,12,27H2. The molecule has 0 unspecified atom stereocenters. The number of nitriles is 3. The van der Waals surface area contributed by atoms with Gasteiger partial charge in [-0.3, -0.25) is 4.40 Å². The maximum Gasteiger partial charge on any atom is 0.158 e. The summed E-state index contributed by atoms with van der Waals surface area (Å²) in [7, 11) is 0. The Hall–Kier alpha value is -4.54. The monoisotopic (exact) mass is 392 g/mol. The number of nitrogens with two attached hydrogens (primary N) is 1. The van der Waals surface area contributed by atoms with Crippen molar-refractivity contribution in [3.63, 3.8) is 0 Å². The van der Waals surface area contributed by atoms with Crippen LogP contribution < -0.4 is 10.5 Å². The Morgan fingerprint density at radius 3 is 2.40 bits per heavy atom. The molecule has 2 aromatic carbocycles. The van der Waals surface area contributed by atoms with E-state index in [1.54, 1.807) is 28.7 Å². The average molecular weight is 392 g/mol. The lowest BCUT2D eigenvalue weighted by atomic mass is 9.96. The van der Waals surface area contributed by atoms with Crippen LogP contribution in [0, 0.1) is 34.0 Å². The number of unbranched alkanes of at least 4 members (excludes halogenated alkanes) is 1. The highest BCUT2D eigenvalue weighted by Crippen LogP contribution is 2.36. The van der Waals surface area contributed by atoms with Gasteiger partial charge in [0, 0.05) is 12.0 Å². The Labute approximate surface area is 172 Å². The number of fused-ring (bicyclic) bond motifs is 3. The highest BCUT2D eigenvalue weighted by molar-refractivity contribution is 5.92. The van der Waals surface area contributed by atoms with Crippen LogP contribution in [-0.4, -0.2) is 16.0 Å². The second-order valence-corrected chi connectivity index (χ2v) is 6.63. The first-order valence-corrected chi connectivity index (χ1v) is 9.32. The summed E-state index contributed by atoms with van der Waals surface area (Å²) in [4.78, 5) is 4.58. The van der Waals surface area contributed by atoms with Crippen molar-refractivity contribution < 1.29 is 4.74 Å². The predicted molar refractivity (Wildman–Crippen MR) is 112 cm³/mol. The molecular weight excluding hydrogens is 376 g/mol. The molecule has 0 bridgehead atoms. The molecule has 0 aliphatic heterocycles. The molecule has 30 heavy (non-hydrogen) atoms. The van der Waals surface area contributed by atoms with E-state index in [9.17, 15) is 10.5 Å². The summed E-state index contributed by atoms with van der Waals surface area (Å²) in [6.45, 7) is 0.444. The molecule has 7 nitrogen and oxygen atoms in total. The summed E-state index contributed by atoms with van der Waals surface area (Å²) >= 11 is 0. The van der Waals surface area contributed by atoms with Crippen LogP contribution in [0.25, 0.3) is 27.8 Å². The maximum atomic E-state index is 9.93. The Balaban J connectivity index is 1.87. The molecule has 7 heteroatoms. The van der Waals surface area contributed by atoms with Crippen LogP contribution in [0.4, 0.5) is 5.82 Å². The van der Waals surface area contributed by atoms with E-state index < -0.39 is 0 Å². The van der Waals surface area contributed by atoms with Crippen molar-refractivity contribution >= 4 is 22.5 Å². The molecule has 0 fully saturated rings. The molecule has 0 saturated heterocycles. The fraction of sp³-hybridized carbons (Fsp3) is 0.130. The van der Waals surface area contributed by atoms with Crippen molar-refractivity contribution in [2.24, 2.45) is 0 Å². The maximum absolute atomic E-state index is 9.93.